The molecule has 0 unspecified atom stereocenters. The van der Waals surface area contributed by atoms with E-state index in [2.05, 4.69) is 217 Å². The molecule has 69 heavy (non-hydrogen) atoms. The van der Waals surface area contributed by atoms with Crippen molar-refractivity contribution in [3.05, 3.63) is 218 Å². The number of rotatable bonds is 5. The Hall–Kier alpha value is -8.97. The second-order valence-electron chi connectivity index (χ2n) is 17.9. The van der Waals surface area contributed by atoms with Crippen molar-refractivity contribution in [1.82, 2.24) is 19.5 Å². The minimum Gasteiger partial charge on any atom is -0.456 e. The van der Waals surface area contributed by atoms with Gasteiger partial charge in [-0.1, -0.05) is 158 Å². The molecular formula is C63H36N4OS. The van der Waals surface area contributed by atoms with Gasteiger partial charge in [0.1, 0.15) is 11.2 Å². The van der Waals surface area contributed by atoms with Gasteiger partial charge in [-0.2, -0.15) is 0 Å². The second kappa shape index (κ2) is 14.8. The number of aromatic nitrogens is 4. The first kappa shape index (κ1) is 38.2. The molecule has 11 aromatic carbocycles. The molecule has 4 aromatic heterocycles. The standard InChI is InChI=1S/C63H36N4OS/c1-2-13-37(14-3-1)38-25-27-39(28-26-38)61-64-62(66-63(65-61)49-23-12-22-47-46-21-10-11-24-57(46)69-60(47)49)48-29-30-55-58(52-33-42-17-6-9-20-45(42)36-56(52)68-55)59(48)67-53-34-43-18-7-4-15-40(43)31-50(53)51-32-41-16-5-8-19-44(41)35-54(51)67/h1-36H. The number of hydrogen-bond acceptors (Lipinski definition) is 5. The minimum atomic E-state index is 0.573. The van der Waals surface area contributed by atoms with Crippen molar-refractivity contribution in [2.45, 2.75) is 0 Å². The summed E-state index contributed by atoms with van der Waals surface area (Å²) < 4.78 is 11.7. The largest absolute Gasteiger partial charge is 0.456 e. The summed E-state index contributed by atoms with van der Waals surface area (Å²) in [5, 5.41) is 13.7. The van der Waals surface area contributed by atoms with Gasteiger partial charge in [-0.15, -0.1) is 11.3 Å². The fourth-order valence-corrected chi connectivity index (χ4v) is 11.9. The number of nitrogens with zero attached hydrogens (tertiary/aromatic N) is 4. The summed E-state index contributed by atoms with van der Waals surface area (Å²) in [6.45, 7) is 0. The van der Waals surface area contributed by atoms with Gasteiger partial charge >= 0.3 is 0 Å². The van der Waals surface area contributed by atoms with E-state index >= 15 is 0 Å². The Morgan fingerprint density at radius 1 is 0.348 bits per heavy atom. The predicted octanol–water partition coefficient (Wildman–Crippen LogP) is 17.4. The zero-order valence-electron chi connectivity index (χ0n) is 36.9. The van der Waals surface area contributed by atoms with Crippen LogP contribution in [0.25, 0.3) is 147 Å². The average molecular weight is 897 g/mol. The Kier molecular flexibility index (Phi) is 8.17. The molecule has 0 saturated heterocycles. The lowest BCUT2D eigenvalue weighted by molar-refractivity contribution is 0.669. The molecule has 0 saturated carbocycles. The molecule has 15 aromatic rings. The Morgan fingerprint density at radius 3 is 1.55 bits per heavy atom. The molecule has 0 N–H and O–H groups in total. The van der Waals surface area contributed by atoms with Gasteiger partial charge in [0.2, 0.25) is 0 Å². The summed E-state index contributed by atoms with van der Waals surface area (Å²) >= 11 is 1.78. The second-order valence-corrected chi connectivity index (χ2v) is 19.0. The van der Waals surface area contributed by atoms with Crippen LogP contribution in [0.3, 0.4) is 0 Å². The predicted molar refractivity (Wildman–Crippen MR) is 289 cm³/mol. The summed E-state index contributed by atoms with van der Waals surface area (Å²) in [5.74, 6) is 1.79. The highest BCUT2D eigenvalue weighted by molar-refractivity contribution is 7.26. The smallest absolute Gasteiger partial charge is 0.166 e. The van der Waals surface area contributed by atoms with Gasteiger partial charge in [-0.05, 0) is 104 Å². The van der Waals surface area contributed by atoms with Crippen LogP contribution in [0, 0.1) is 0 Å². The van der Waals surface area contributed by atoms with Crippen LogP contribution in [-0.2, 0) is 0 Å². The van der Waals surface area contributed by atoms with E-state index in [1.54, 1.807) is 11.3 Å². The quantitative estimate of drug-likeness (QED) is 0.173. The monoisotopic (exact) mass is 896 g/mol. The van der Waals surface area contributed by atoms with Crippen molar-refractivity contribution in [2.24, 2.45) is 0 Å². The third-order valence-electron chi connectivity index (χ3n) is 14.0. The fourth-order valence-electron chi connectivity index (χ4n) is 10.7. The Bertz CT molecular complexity index is 4510. The molecule has 0 amide bonds. The Labute approximate surface area is 398 Å². The maximum atomic E-state index is 6.90. The molecule has 0 radical (unpaired) electrons. The van der Waals surface area contributed by atoms with Gasteiger partial charge < -0.3 is 8.98 Å². The summed E-state index contributed by atoms with van der Waals surface area (Å²) in [4.78, 5) is 16.5. The van der Waals surface area contributed by atoms with Crippen LogP contribution >= 0.6 is 11.3 Å². The molecule has 0 aliphatic carbocycles. The normalized spacial score (nSPS) is 12.1. The summed E-state index contributed by atoms with van der Waals surface area (Å²) in [6.07, 6.45) is 0. The van der Waals surface area contributed by atoms with E-state index in [-0.39, 0.29) is 0 Å². The van der Waals surface area contributed by atoms with Gasteiger partial charge in [0.15, 0.2) is 17.5 Å². The van der Waals surface area contributed by atoms with Gasteiger partial charge in [-0.3, -0.25) is 0 Å². The first-order chi connectivity index (χ1) is 34.2. The van der Waals surface area contributed by atoms with Crippen LogP contribution in [0.15, 0.2) is 223 Å². The molecule has 0 aliphatic heterocycles. The Balaban J connectivity index is 1.08. The maximum Gasteiger partial charge on any atom is 0.166 e. The van der Waals surface area contributed by atoms with E-state index in [0.29, 0.717) is 17.5 Å². The van der Waals surface area contributed by atoms with E-state index in [9.17, 15) is 0 Å². The molecule has 0 bridgehead atoms. The van der Waals surface area contributed by atoms with Crippen LogP contribution in [0.2, 0.25) is 0 Å². The highest BCUT2D eigenvalue weighted by Crippen LogP contribution is 2.46. The lowest BCUT2D eigenvalue weighted by atomic mass is 10.0. The zero-order valence-corrected chi connectivity index (χ0v) is 37.7. The summed E-state index contributed by atoms with van der Waals surface area (Å²) in [7, 11) is 0. The van der Waals surface area contributed by atoms with Gasteiger partial charge in [-0.25, -0.2) is 15.0 Å². The van der Waals surface area contributed by atoms with Crippen LogP contribution in [0.5, 0.6) is 0 Å². The van der Waals surface area contributed by atoms with Crippen LogP contribution < -0.4 is 0 Å². The lowest BCUT2D eigenvalue weighted by Crippen LogP contribution is -2.04. The number of fused-ring (bicyclic) bond motifs is 12. The topological polar surface area (TPSA) is 56.7 Å². The van der Waals surface area contributed by atoms with E-state index in [1.165, 1.54) is 37.0 Å². The van der Waals surface area contributed by atoms with Crippen LogP contribution in [-0.4, -0.2) is 19.5 Å². The first-order valence-electron chi connectivity index (χ1n) is 23.2. The van der Waals surface area contributed by atoms with Crippen molar-refractivity contribution in [3.8, 4) is 51.0 Å². The fraction of sp³-hybridized carbons (Fsp3) is 0. The van der Waals surface area contributed by atoms with Crippen molar-refractivity contribution in [3.63, 3.8) is 0 Å². The van der Waals surface area contributed by atoms with Crippen molar-refractivity contribution < 1.29 is 4.42 Å². The van der Waals surface area contributed by atoms with Crippen molar-refractivity contribution in [2.75, 3.05) is 0 Å². The zero-order chi connectivity index (χ0) is 45.2. The van der Waals surface area contributed by atoms with E-state index < -0.39 is 0 Å². The molecule has 4 heterocycles. The number of benzene rings is 11. The summed E-state index contributed by atoms with van der Waals surface area (Å²) in [6, 6.07) is 78.1. The molecule has 0 spiro atoms. The number of hydrogen-bond donors (Lipinski definition) is 0. The van der Waals surface area contributed by atoms with Crippen molar-refractivity contribution in [1.29, 1.82) is 0 Å². The molecule has 6 heteroatoms. The van der Waals surface area contributed by atoms with Crippen LogP contribution in [0.4, 0.5) is 0 Å². The molecular weight excluding hydrogens is 861 g/mol. The maximum absolute atomic E-state index is 6.90. The van der Waals surface area contributed by atoms with Crippen LogP contribution in [0.1, 0.15) is 0 Å². The van der Waals surface area contributed by atoms with Gasteiger partial charge in [0, 0.05) is 53.0 Å². The van der Waals surface area contributed by atoms with E-state index in [1.807, 2.05) is 6.07 Å². The average Bonchev–Trinajstić information content (AvgIpc) is 4.07. The Morgan fingerprint density at radius 2 is 0.870 bits per heavy atom. The van der Waals surface area contributed by atoms with E-state index in [0.717, 1.165) is 92.7 Å². The molecule has 0 atom stereocenters. The molecule has 5 nitrogen and oxygen atoms in total. The lowest BCUT2D eigenvalue weighted by Gasteiger charge is -2.16. The highest BCUT2D eigenvalue weighted by atomic mass is 32.1. The molecule has 0 aliphatic rings. The SMILES string of the molecule is c1ccc(-c2ccc(-c3nc(-c4ccc5oc6cc7ccccc7cc6c5c4-n4c5cc6ccccc6cc5c5cc6ccccc6cc54)nc(-c4cccc5c4sc4ccccc45)n3)cc2)cc1. The summed E-state index contributed by atoms with van der Waals surface area (Å²) in [5.41, 5.74) is 9.76. The highest BCUT2D eigenvalue weighted by Gasteiger charge is 2.26. The molecule has 15 rings (SSSR count). The minimum absolute atomic E-state index is 0.573. The van der Waals surface area contributed by atoms with E-state index in [4.69, 9.17) is 19.4 Å². The van der Waals surface area contributed by atoms with Crippen molar-refractivity contribution >= 4 is 108 Å². The molecule has 320 valence electrons. The number of thiophene rings is 1. The third-order valence-corrected chi connectivity index (χ3v) is 15.2. The van der Waals surface area contributed by atoms with Gasteiger partial charge in [0.05, 0.1) is 22.1 Å². The third kappa shape index (κ3) is 5.92. The number of furan rings is 1. The first-order valence-corrected chi connectivity index (χ1v) is 24.1. The van der Waals surface area contributed by atoms with Gasteiger partial charge in [0.25, 0.3) is 0 Å². The molecule has 0 fully saturated rings.